The van der Waals surface area contributed by atoms with Crippen molar-refractivity contribution in [3.05, 3.63) is 0 Å². The van der Waals surface area contributed by atoms with Gasteiger partial charge in [0.1, 0.15) is 0 Å². The van der Waals surface area contributed by atoms with E-state index < -0.39 is 0 Å². The van der Waals surface area contributed by atoms with Gasteiger partial charge in [0.2, 0.25) is 5.91 Å². The number of carbonyl (C=O) groups is 1. The molecule has 4 aliphatic rings. The maximum atomic E-state index is 11.2. The van der Waals surface area contributed by atoms with Crippen LogP contribution in [0.5, 0.6) is 0 Å². The van der Waals surface area contributed by atoms with Crippen LogP contribution >= 0.6 is 0 Å². The van der Waals surface area contributed by atoms with Gasteiger partial charge in [0.05, 0.1) is 6.04 Å². The monoisotopic (exact) mass is 250 g/mol. The predicted octanol–water partition coefficient (Wildman–Crippen LogP) is 2.05. The molecule has 102 valence electrons. The fourth-order valence-corrected chi connectivity index (χ4v) is 5.34. The van der Waals surface area contributed by atoms with Crippen LogP contribution in [0.2, 0.25) is 0 Å². The van der Waals surface area contributed by atoms with Crippen LogP contribution < -0.4 is 11.1 Å². The first-order valence-corrected chi connectivity index (χ1v) is 7.54. The van der Waals surface area contributed by atoms with E-state index in [1.54, 1.807) is 0 Å². The molecule has 0 heterocycles. The van der Waals surface area contributed by atoms with Crippen LogP contribution in [0.25, 0.3) is 0 Å². The van der Waals surface area contributed by atoms with Gasteiger partial charge >= 0.3 is 0 Å². The molecule has 1 amide bonds. The molecule has 4 bridgehead atoms. The smallest absolute Gasteiger partial charge is 0.234 e. The second-order valence-corrected chi connectivity index (χ2v) is 7.29. The predicted molar refractivity (Wildman–Crippen MR) is 71.9 cm³/mol. The van der Waals surface area contributed by atoms with Crippen molar-refractivity contribution < 1.29 is 4.79 Å². The van der Waals surface area contributed by atoms with E-state index in [0.29, 0.717) is 11.5 Å². The van der Waals surface area contributed by atoms with Gasteiger partial charge in [0.25, 0.3) is 0 Å². The molecule has 0 saturated heterocycles. The van der Waals surface area contributed by atoms with Gasteiger partial charge in [0.15, 0.2) is 0 Å². The Labute approximate surface area is 110 Å². The number of amides is 1. The lowest BCUT2D eigenvalue weighted by molar-refractivity contribution is -0.120. The average Bonchev–Trinajstić information content (AvgIpc) is 2.26. The first-order valence-electron chi connectivity index (χ1n) is 7.54. The molecule has 4 fully saturated rings. The van der Waals surface area contributed by atoms with Crippen molar-refractivity contribution in [2.24, 2.45) is 28.9 Å². The van der Waals surface area contributed by atoms with Gasteiger partial charge < -0.3 is 11.1 Å². The van der Waals surface area contributed by atoms with Crippen molar-refractivity contribution in [1.29, 1.82) is 0 Å². The minimum Gasteiger partial charge on any atom is -0.368 e. The van der Waals surface area contributed by atoms with Crippen LogP contribution in [-0.2, 0) is 4.79 Å². The summed E-state index contributed by atoms with van der Waals surface area (Å²) in [5.41, 5.74) is 5.83. The third kappa shape index (κ3) is 1.97. The van der Waals surface area contributed by atoms with Crippen molar-refractivity contribution in [2.75, 3.05) is 0 Å². The minimum absolute atomic E-state index is 0.201. The summed E-state index contributed by atoms with van der Waals surface area (Å²) in [5, 5.41) is 3.46. The Bertz CT molecular complexity index is 317. The van der Waals surface area contributed by atoms with E-state index in [0.717, 1.165) is 17.8 Å². The van der Waals surface area contributed by atoms with Gasteiger partial charge in [-0.1, -0.05) is 0 Å². The molecule has 0 aliphatic heterocycles. The van der Waals surface area contributed by atoms with Crippen molar-refractivity contribution in [2.45, 2.75) is 64.5 Å². The summed E-state index contributed by atoms with van der Waals surface area (Å²) in [6, 6.07) is 0.224. The van der Waals surface area contributed by atoms with Crippen LogP contribution in [0.4, 0.5) is 0 Å². The molecule has 3 nitrogen and oxygen atoms in total. The average molecular weight is 250 g/mol. The van der Waals surface area contributed by atoms with Crippen molar-refractivity contribution in [3.8, 4) is 0 Å². The number of hydrogen-bond donors (Lipinski definition) is 2. The van der Waals surface area contributed by atoms with E-state index >= 15 is 0 Å². The largest absolute Gasteiger partial charge is 0.368 e. The van der Waals surface area contributed by atoms with Crippen LogP contribution in [0.1, 0.15) is 52.4 Å². The Morgan fingerprint density at radius 3 is 1.94 bits per heavy atom. The van der Waals surface area contributed by atoms with Gasteiger partial charge in [-0.3, -0.25) is 4.79 Å². The Morgan fingerprint density at radius 1 is 1.11 bits per heavy atom. The quantitative estimate of drug-likeness (QED) is 0.802. The van der Waals surface area contributed by atoms with Gasteiger partial charge in [-0.2, -0.15) is 0 Å². The van der Waals surface area contributed by atoms with Gasteiger partial charge in [-0.05, 0) is 75.5 Å². The van der Waals surface area contributed by atoms with Crippen molar-refractivity contribution in [3.63, 3.8) is 0 Å². The third-order valence-corrected chi connectivity index (χ3v) is 5.93. The van der Waals surface area contributed by atoms with Gasteiger partial charge in [-0.25, -0.2) is 0 Å². The number of carbonyl (C=O) groups excluding carboxylic acids is 1. The number of hydrogen-bond acceptors (Lipinski definition) is 2. The Balaban J connectivity index is 1.72. The van der Waals surface area contributed by atoms with Crippen LogP contribution in [-0.4, -0.2) is 18.0 Å². The number of rotatable bonds is 4. The molecule has 4 saturated carbocycles. The zero-order valence-electron chi connectivity index (χ0n) is 11.6. The van der Waals surface area contributed by atoms with Crippen LogP contribution in [0.15, 0.2) is 0 Å². The molecule has 4 rings (SSSR count). The maximum Gasteiger partial charge on any atom is 0.234 e. The molecule has 4 aliphatic carbocycles. The molecular formula is C15H26N2O. The highest BCUT2D eigenvalue weighted by Crippen LogP contribution is 2.61. The molecule has 0 spiro atoms. The summed E-state index contributed by atoms with van der Waals surface area (Å²) in [4.78, 5) is 11.2. The van der Waals surface area contributed by atoms with Gasteiger partial charge in [0, 0.05) is 6.04 Å². The molecule has 2 unspecified atom stereocenters. The summed E-state index contributed by atoms with van der Waals surface area (Å²) < 4.78 is 0. The number of nitrogens with two attached hydrogens (primary N) is 1. The van der Waals surface area contributed by atoms with Gasteiger partial charge in [-0.15, -0.1) is 0 Å². The normalized spacial score (nSPS) is 44.9. The second-order valence-electron chi connectivity index (χ2n) is 7.29. The lowest BCUT2D eigenvalue weighted by atomic mass is 9.48. The highest BCUT2D eigenvalue weighted by molar-refractivity contribution is 5.79. The molecule has 2 atom stereocenters. The summed E-state index contributed by atoms with van der Waals surface area (Å²) in [6.07, 6.45) is 8.53. The first kappa shape index (κ1) is 12.5. The van der Waals surface area contributed by atoms with E-state index in [-0.39, 0.29) is 11.9 Å². The van der Waals surface area contributed by atoms with E-state index in [4.69, 9.17) is 5.73 Å². The highest BCUT2D eigenvalue weighted by atomic mass is 16.1. The molecule has 18 heavy (non-hydrogen) atoms. The third-order valence-electron chi connectivity index (χ3n) is 5.93. The summed E-state index contributed by atoms with van der Waals surface area (Å²) in [6.45, 7) is 4.16. The second kappa shape index (κ2) is 4.22. The standard InChI is InChI=1S/C15H26N2O/c1-9(14(16)18)17-10(2)15-6-11-3-12(7-15)5-13(4-11)8-15/h9-13,17H,3-8H2,1-2H3,(H2,16,18). The Hall–Kier alpha value is -0.570. The van der Waals surface area contributed by atoms with Crippen molar-refractivity contribution in [1.82, 2.24) is 5.32 Å². The van der Waals surface area contributed by atoms with E-state index in [2.05, 4.69) is 12.2 Å². The molecule has 0 aromatic carbocycles. The van der Waals surface area contributed by atoms with Crippen LogP contribution in [0.3, 0.4) is 0 Å². The van der Waals surface area contributed by atoms with Crippen LogP contribution in [0, 0.1) is 23.2 Å². The van der Waals surface area contributed by atoms with E-state index in [1.165, 1.54) is 38.5 Å². The zero-order chi connectivity index (χ0) is 12.9. The number of nitrogens with one attached hydrogen (secondary N) is 1. The highest BCUT2D eigenvalue weighted by Gasteiger charge is 2.53. The van der Waals surface area contributed by atoms with E-state index in [1.807, 2.05) is 6.92 Å². The fraction of sp³-hybridized carbons (Fsp3) is 0.933. The molecule has 0 aromatic heterocycles. The SMILES string of the molecule is CC(NC(C)C12CC3CC(CC(C3)C1)C2)C(N)=O. The maximum absolute atomic E-state index is 11.2. The zero-order valence-corrected chi connectivity index (χ0v) is 11.6. The van der Waals surface area contributed by atoms with E-state index in [9.17, 15) is 4.79 Å². The minimum atomic E-state index is -0.230. The molecule has 0 aromatic rings. The Morgan fingerprint density at radius 2 is 1.56 bits per heavy atom. The first-order chi connectivity index (χ1) is 8.48. The summed E-state index contributed by atoms with van der Waals surface area (Å²) in [5.74, 6) is 2.66. The number of primary amides is 1. The molecule has 0 radical (unpaired) electrons. The topological polar surface area (TPSA) is 55.1 Å². The summed E-state index contributed by atoms with van der Waals surface area (Å²) >= 11 is 0. The molecular weight excluding hydrogens is 224 g/mol. The fourth-order valence-electron chi connectivity index (χ4n) is 5.34. The lowest BCUT2D eigenvalue weighted by Crippen LogP contribution is -2.57. The Kier molecular flexibility index (Phi) is 2.92. The summed E-state index contributed by atoms with van der Waals surface area (Å²) in [7, 11) is 0. The molecule has 3 heteroatoms. The molecule has 3 N–H and O–H groups in total. The lowest BCUT2D eigenvalue weighted by Gasteiger charge is -2.59. The van der Waals surface area contributed by atoms with Crippen molar-refractivity contribution >= 4 is 5.91 Å².